The van der Waals surface area contributed by atoms with Gasteiger partial charge in [0.1, 0.15) is 0 Å². The number of rotatable bonds is 7. The van der Waals surface area contributed by atoms with Gasteiger partial charge in [0, 0.05) is 42.7 Å². The molecule has 2 aromatic rings. The van der Waals surface area contributed by atoms with Crippen molar-refractivity contribution in [2.75, 3.05) is 18.6 Å². The zero-order chi connectivity index (χ0) is 16.7. The second kappa shape index (κ2) is 8.41. The Hall–Kier alpha value is -1.46. The van der Waals surface area contributed by atoms with Crippen molar-refractivity contribution < 1.29 is 4.21 Å². The Morgan fingerprint density at radius 2 is 2.13 bits per heavy atom. The van der Waals surface area contributed by atoms with Crippen molar-refractivity contribution in [1.29, 1.82) is 5.26 Å². The number of hydrogen-bond donors (Lipinski definition) is 0. The Balaban J connectivity index is 2.09. The van der Waals surface area contributed by atoms with E-state index in [1.807, 2.05) is 18.2 Å². The number of benzene rings is 1. The SMILES string of the molecule is CS(=O)(CCN(Cc1ccccc1)Cc1cnc(Cl)s1)=NC#N. The summed E-state index contributed by atoms with van der Waals surface area (Å²) in [5.41, 5.74) is 1.17. The van der Waals surface area contributed by atoms with Crippen molar-refractivity contribution in [2.24, 2.45) is 4.36 Å². The van der Waals surface area contributed by atoms with Crippen LogP contribution in [0.1, 0.15) is 10.4 Å². The van der Waals surface area contributed by atoms with Gasteiger partial charge in [0.05, 0.1) is 9.73 Å². The molecule has 0 bridgehead atoms. The molecular weight excluding hydrogens is 352 g/mol. The van der Waals surface area contributed by atoms with Crippen LogP contribution < -0.4 is 0 Å². The number of aromatic nitrogens is 1. The molecule has 1 aromatic heterocycles. The van der Waals surface area contributed by atoms with Gasteiger partial charge >= 0.3 is 0 Å². The summed E-state index contributed by atoms with van der Waals surface area (Å²) in [6.07, 6.45) is 4.91. The summed E-state index contributed by atoms with van der Waals surface area (Å²) in [4.78, 5) is 7.26. The second-order valence-electron chi connectivity index (χ2n) is 5.13. The molecule has 0 amide bonds. The zero-order valence-electron chi connectivity index (χ0n) is 12.7. The van der Waals surface area contributed by atoms with Crippen LogP contribution in [-0.4, -0.2) is 32.6 Å². The predicted octanol–water partition coefficient (Wildman–Crippen LogP) is 3.38. The lowest BCUT2D eigenvalue weighted by atomic mass is 10.2. The van der Waals surface area contributed by atoms with Gasteiger partial charge in [0.25, 0.3) is 0 Å². The molecule has 2 rings (SSSR count). The maximum Gasteiger partial charge on any atom is 0.214 e. The van der Waals surface area contributed by atoms with Crippen LogP contribution in [-0.2, 0) is 22.8 Å². The van der Waals surface area contributed by atoms with Gasteiger partial charge in [-0.1, -0.05) is 41.9 Å². The molecule has 0 saturated heterocycles. The summed E-state index contributed by atoms with van der Waals surface area (Å²) in [5.74, 6) is 0.347. The Morgan fingerprint density at radius 1 is 1.39 bits per heavy atom. The molecule has 0 aliphatic rings. The smallest absolute Gasteiger partial charge is 0.214 e. The summed E-state index contributed by atoms with van der Waals surface area (Å²) in [7, 11) is -2.47. The molecular formula is C15H17ClN4OS2. The largest absolute Gasteiger partial charge is 0.293 e. The highest BCUT2D eigenvalue weighted by molar-refractivity contribution is 7.93. The van der Waals surface area contributed by atoms with Gasteiger partial charge in [-0.05, 0) is 5.56 Å². The zero-order valence-corrected chi connectivity index (χ0v) is 15.1. The lowest BCUT2D eigenvalue weighted by molar-refractivity contribution is 0.275. The normalized spacial score (nSPS) is 13.5. The van der Waals surface area contributed by atoms with E-state index >= 15 is 0 Å². The summed E-state index contributed by atoms with van der Waals surface area (Å²) in [5, 5.41) is 8.61. The van der Waals surface area contributed by atoms with Crippen molar-refractivity contribution in [3.8, 4) is 6.19 Å². The van der Waals surface area contributed by atoms with Crippen LogP contribution in [0.4, 0.5) is 0 Å². The van der Waals surface area contributed by atoms with Gasteiger partial charge in [-0.2, -0.15) is 5.26 Å². The maximum atomic E-state index is 12.2. The van der Waals surface area contributed by atoms with Gasteiger partial charge in [0.2, 0.25) is 6.19 Å². The lowest BCUT2D eigenvalue weighted by Gasteiger charge is -2.21. The second-order valence-corrected chi connectivity index (χ2v) is 9.34. The topological polar surface area (TPSA) is 69.3 Å². The van der Waals surface area contributed by atoms with E-state index in [9.17, 15) is 4.21 Å². The first kappa shape index (κ1) is 17.9. The average Bonchev–Trinajstić information content (AvgIpc) is 2.91. The highest BCUT2D eigenvalue weighted by Crippen LogP contribution is 2.20. The van der Waals surface area contributed by atoms with E-state index in [4.69, 9.17) is 16.9 Å². The summed E-state index contributed by atoms with van der Waals surface area (Å²) >= 11 is 7.32. The molecule has 0 aliphatic heterocycles. The van der Waals surface area contributed by atoms with Gasteiger partial charge in [-0.3, -0.25) is 4.90 Å². The van der Waals surface area contributed by atoms with Crippen LogP contribution in [0.15, 0.2) is 40.9 Å². The van der Waals surface area contributed by atoms with E-state index in [1.54, 1.807) is 12.4 Å². The molecule has 1 unspecified atom stereocenters. The molecule has 0 N–H and O–H groups in total. The van der Waals surface area contributed by atoms with Gasteiger partial charge < -0.3 is 0 Å². The fraction of sp³-hybridized carbons (Fsp3) is 0.333. The van der Waals surface area contributed by atoms with Crippen molar-refractivity contribution >= 4 is 32.7 Å². The van der Waals surface area contributed by atoms with Crippen molar-refractivity contribution in [3.05, 3.63) is 51.4 Å². The predicted molar refractivity (Wildman–Crippen MR) is 94.7 cm³/mol. The van der Waals surface area contributed by atoms with Gasteiger partial charge in [-0.15, -0.1) is 15.7 Å². The standard InChI is InChI=1S/C15H17ClN4OS2/c1-23(21,19-12-17)8-7-20(10-13-5-3-2-4-6-13)11-14-9-18-15(16)22-14/h2-6,9H,7-8,10-11H2,1H3. The maximum absolute atomic E-state index is 12.2. The Bertz CT molecular complexity index is 791. The van der Waals surface area contributed by atoms with Crippen LogP contribution >= 0.6 is 22.9 Å². The first-order valence-electron chi connectivity index (χ1n) is 6.93. The van der Waals surface area contributed by atoms with E-state index in [-0.39, 0.29) is 0 Å². The molecule has 5 nitrogen and oxygen atoms in total. The molecule has 0 radical (unpaired) electrons. The van der Waals surface area contributed by atoms with E-state index in [1.165, 1.54) is 23.2 Å². The van der Waals surface area contributed by atoms with Gasteiger partial charge in [-0.25, -0.2) is 9.19 Å². The van der Waals surface area contributed by atoms with Crippen molar-refractivity contribution in [3.63, 3.8) is 0 Å². The Labute approximate surface area is 145 Å². The van der Waals surface area contributed by atoms with Crippen LogP contribution in [0.2, 0.25) is 4.47 Å². The van der Waals surface area contributed by atoms with E-state index in [0.29, 0.717) is 23.3 Å². The molecule has 1 atom stereocenters. The van der Waals surface area contributed by atoms with Crippen LogP contribution in [0.3, 0.4) is 0 Å². The molecule has 8 heteroatoms. The average molecular weight is 369 g/mol. The highest BCUT2D eigenvalue weighted by Gasteiger charge is 2.12. The Morgan fingerprint density at radius 3 is 2.74 bits per heavy atom. The first-order chi connectivity index (χ1) is 11.0. The summed E-state index contributed by atoms with van der Waals surface area (Å²) in [6.45, 7) is 1.96. The quantitative estimate of drug-likeness (QED) is 0.702. The third-order valence-electron chi connectivity index (χ3n) is 3.17. The van der Waals surface area contributed by atoms with Crippen LogP contribution in [0.25, 0.3) is 0 Å². The van der Waals surface area contributed by atoms with E-state index in [2.05, 4.69) is 26.4 Å². The fourth-order valence-corrected chi connectivity index (χ4v) is 3.94. The molecule has 0 saturated carbocycles. The van der Waals surface area contributed by atoms with Crippen LogP contribution in [0.5, 0.6) is 0 Å². The number of nitriles is 1. The minimum Gasteiger partial charge on any atom is -0.293 e. The lowest BCUT2D eigenvalue weighted by Crippen LogP contribution is -2.28. The minimum atomic E-state index is -2.47. The number of halogens is 1. The molecule has 1 aromatic carbocycles. The third-order valence-corrected chi connectivity index (χ3v) is 5.68. The molecule has 0 spiro atoms. The molecule has 0 fully saturated rings. The first-order valence-corrected chi connectivity index (χ1v) is 10.2. The summed E-state index contributed by atoms with van der Waals surface area (Å²) in [6, 6.07) is 10.1. The number of hydrogen-bond acceptors (Lipinski definition) is 6. The van der Waals surface area contributed by atoms with Crippen LogP contribution in [0, 0.1) is 11.5 Å². The monoisotopic (exact) mass is 368 g/mol. The Kier molecular flexibility index (Phi) is 6.54. The highest BCUT2D eigenvalue weighted by atomic mass is 35.5. The van der Waals surface area contributed by atoms with E-state index in [0.717, 1.165) is 11.4 Å². The molecule has 1 heterocycles. The van der Waals surface area contributed by atoms with Crippen molar-refractivity contribution in [1.82, 2.24) is 9.88 Å². The van der Waals surface area contributed by atoms with Gasteiger partial charge in [0.15, 0.2) is 4.47 Å². The minimum absolute atomic E-state index is 0.347. The molecule has 122 valence electrons. The van der Waals surface area contributed by atoms with E-state index < -0.39 is 9.73 Å². The van der Waals surface area contributed by atoms with Crippen molar-refractivity contribution in [2.45, 2.75) is 13.1 Å². The fourth-order valence-electron chi connectivity index (χ4n) is 2.06. The summed E-state index contributed by atoms with van der Waals surface area (Å²) < 4.78 is 16.2. The molecule has 0 aliphatic carbocycles. The number of thiazole rings is 1. The molecule has 23 heavy (non-hydrogen) atoms. The third kappa shape index (κ3) is 6.28. The number of nitrogens with zero attached hydrogens (tertiary/aromatic N) is 4.